The zero-order valence-electron chi connectivity index (χ0n) is 23.1. The Morgan fingerprint density at radius 1 is 0.526 bits per heavy atom. The lowest BCUT2D eigenvalue weighted by atomic mass is 10.2. The van der Waals surface area contributed by atoms with Crippen LogP contribution in [-0.2, 0) is 52.3 Å². The van der Waals surface area contributed by atoms with Crippen molar-refractivity contribution in [2.24, 2.45) is 0 Å². The fourth-order valence-corrected chi connectivity index (χ4v) is 2.31. The van der Waals surface area contributed by atoms with Gasteiger partial charge in [-0.15, -0.1) is 0 Å². The summed E-state index contributed by atoms with van der Waals surface area (Å²) < 4.78 is 47.7. The van der Waals surface area contributed by atoms with Crippen LogP contribution in [0.15, 0.2) is 0 Å². The first-order valence-corrected chi connectivity index (χ1v) is 12.8. The molecule has 0 bridgehead atoms. The summed E-state index contributed by atoms with van der Waals surface area (Å²) in [4.78, 5) is 26.6. The highest BCUT2D eigenvalue weighted by Gasteiger charge is 2.15. The molecule has 0 spiro atoms. The number of carboxylic acids is 1. The summed E-state index contributed by atoms with van der Waals surface area (Å²) in [7, 11) is 0. The quantitative estimate of drug-likeness (QED) is 0.104. The molecular formula is C24H47NO13. The topological polar surface area (TPSA) is 159 Å². The second-order valence-electron chi connectivity index (χ2n) is 8.50. The minimum atomic E-state index is -0.878. The van der Waals surface area contributed by atoms with Crippen LogP contribution in [-0.4, -0.2) is 135 Å². The molecule has 0 radical (unpaired) electrons. The fourth-order valence-electron chi connectivity index (χ4n) is 2.31. The number of amides is 1. The summed E-state index contributed by atoms with van der Waals surface area (Å²) in [5, 5.41) is 8.46. The molecule has 0 aromatic carbocycles. The van der Waals surface area contributed by atoms with E-state index in [-0.39, 0.29) is 19.6 Å². The van der Waals surface area contributed by atoms with Crippen molar-refractivity contribution in [2.75, 3.05) is 112 Å². The SMILES string of the molecule is CC(C)(C)OC(=O)NOCCOCCOCCOCCOCCOCCOCCOCCOCCC(=O)O. The van der Waals surface area contributed by atoms with Crippen LogP contribution in [0.5, 0.6) is 0 Å². The smallest absolute Gasteiger partial charge is 0.431 e. The number of nitrogens with one attached hydrogen (secondary N) is 1. The van der Waals surface area contributed by atoms with Gasteiger partial charge in [0.15, 0.2) is 0 Å². The van der Waals surface area contributed by atoms with E-state index >= 15 is 0 Å². The maximum Gasteiger partial charge on any atom is 0.431 e. The molecule has 14 nitrogen and oxygen atoms in total. The van der Waals surface area contributed by atoms with Crippen LogP contribution in [0.3, 0.4) is 0 Å². The van der Waals surface area contributed by atoms with E-state index in [0.29, 0.717) is 99.1 Å². The van der Waals surface area contributed by atoms with E-state index in [2.05, 4.69) is 5.48 Å². The molecule has 0 aromatic heterocycles. The molecule has 226 valence electrons. The number of carboxylic acid groups (broad SMARTS) is 1. The van der Waals surface area contributed by atoms with Crippen LogP contribution < -0.4 is 5.48 Å². The predicted molar refractivity (Wildman–Crippen MR) is 134 cm³/mol. The molecule has 1 amide bonds. The Bertz CT molecular complexity index is 546. The highest BCUT2D eigenvalue weighted by molar-refractivity contribution is 5.66. The van der Waals surface area contributed by atoms with E-state index in [4.69, 9.17) is 52.6 Å². The number of ether oxygens (including phenoxy) is 9. The molecule has 0 rings (SSSR count). The van der Waals surface area contributed by atoms with Crippen LogP contribution in [0, 0.1) is 0 Å². The number of hydrogen-bond donors (Lipinski definition) is 2. The number of rotatable bonds is 28. The van der Waals surface area contributed by atoms with E-state index in [1.54, 1.807) is 20.8 Å². The Kier molecular flexibility index (Phi) is 25.8. The number of carbonyl (C=O) groups is 2. The lowest BCUT2D eigenvalue weighted by Gasteiger charge is -2.19. The van der Waals surface area contributed by atoms with Crippen LogP contribution >= 0.6 is 0 Å². The third kappa shape index (κ3) is 32.4. The maximum absolute atomic E-state index is 11.3. The van der Waals surface area contributed by atoms with Gasteiger partial charge < -0.3 is 47.7 Å². The number of aliphatic carboxylic acids is 1. The monoisotopic (exact) mass is 557 g/mol. The molecule has 38 heavy (non-hydrogen) atoms. The maximum atomic E-state index is 11.3. The van der Waals surface area contributed by atoms with Crippen molar-refractivity contribution in [3.63, 3.8) is 0 Å². The second kappa shape index (κ2) is 27.0. The second-order valence-corrected chi connectivity index (χ2v) is 8.50. The highest BCUT2D eigenvalue weighted by Crippen LogP contribution is 2.06. The molecule has 0 atom stereocenters. The third-order valence-corrected chi connectivity index (χ3v) is 3.95. The minimum absolute atomic E-state index is 0.00596. The summed E-state index contributed by atoms with van der Waals surface area (Å²) in [6, 6.07) is 0. The third-order valence-electron chi connectivity index (χ3n) is 3.95. The molecule has 0 unspecified atom stereocenters. The number of hydroxylamine groups is 1. The molecule has 2 N–H and O–H groups in total. The molecule has 0 aliphatic carbocycles. The van der Waals surface area contributed by atoms with Crippen LogP contribution in [0.2, 0.25) is 0 Å². The van der Waals surface area contributed by atoms with Gasteiger partial charge in [-0.1, -0.05) is 0 Å². The highest BCUT2D eigenvalue weighted by atomic mass is 16.7. The van der Waals surface area contributed by atoms with Crippen LogP contribution in [0.4, 0.5) is 4.79 Å². The summed E-state index contributed by atoms with van der Waals surface area (Å²) >= 11 is 0. The van der Waals surface area contributed by atoms with Crippen LogP contribution in [0.25, 0.3) is 0 Å². The first-order valence-electron chi connectivity index (χ1n) is 12.8. The zero-order chi connectivity index (χ0) is 28.2. The standard InChI is InChI=1S/C24H47NO13/c1-24(2,3)38-23(28)25-37-21-20-36-19-18-35-17-16-34-15-14-33-13-12-32-11-10-31-9-8-30-7-6-29-5-4-22(26)27/h4-21H2,1-3H3,(H,25,28)(H,26,27). The van der Waals surface area contributed by atoms with Gasteiger partial charge >= 0.3 is 12.1 Å². The van der Waals surface area contributed by atoms with Crippen molar-refractivity contribution < 1.29 is 62.2 Å². The fraction of sp³-hybridized carbons (Fsp3) is 0.917. The van der Waals surface area contributed by atoms with Gasteiger partial charge in [0.05, 0.1) is 119 Å². The average Bonchev–Trinajstić information content (AvgIpc) is 2.84. The van der Waals surface area contributed by atoms with Crippen molar-refractivity contribution >= 4 is 12.1 Å². The molecule has 0 aromatic rings. The predicted octanol–water partition coefficient (Wildman–Crippen LogP) is 1.05. The first-order chi connectivity index (χ1) is 18.3. The average molecular weight is 558 g/mol. The van der Waals surface area contributed by atoms with E-state index in [1.165, 1.54) is 0 Å². The lowest BCUT2D eigenvalue weighted by molar-refractivity contribution is -0.138. The van der Waals surface area contributed by atoms with Gasteiger partial charge in [-0.3, -0.25) is 9.63 Å². The van der Waals surface area contributed by atoms with Gasteiger partial charge in [0, 0.05) is 0 Å². The van der Waals surface area contributed by atoms with E-state index in [9.17, 15) is 9.59 Å². The molecule has 0 saturated heterocycles. The Morgan fingerprint density at radius 3 is 1.11 bits per heavy atom. The Balaban J connectivity index is 3.11. The molecule has 0 aliphatic rings. The Labute approximate surface area is 225 Å². The molecule has 0 saturated carbocycles. The van der Waals surface area contributed by atoms with E-state index < -0.39 is 17.7 Å². The van der Waals surface area contributed by atoms with Crippen molar-refractivity contribution in [3.8, 4) is 0 Å². The van der Waals surface area contributed by atoms with E-state index in [1.807, 2.05) is 0 Å². The molecular weight excluding hydrogens is 510 g/mol. The van der Waals surface area contributed by atoms with Crippen molar-refractivity contribution in [3.05, 3.63) is 0 Å². The Morgan fingerprint density at radius 2 is 0.816 bits per heavy atom. The first kappa shape index (κ1) is 36.4. The summed E-state index contributed by atoms with van der Waals surface area (Å²) in [6.45, 7) is 12.2. The normalized spacial score (nSPS) is 11.6. The van der Waals surface area contributed by atoms with Crippen molar-refractivity contribution in [1.82, 2.24) is 5.48 Å². The zero-order valence-corrected chi connectivity index (χ0v) is 23.1. The minimum Gasteiger partial charge on any atom is -0.481 e. The van der Waals surface area contributed by atoms with Gasteiger partial charge in [0.25, 0.3) is 0 Å². The van der Waals surface area contributed by atoms with Gasteiger partial charge in [0.1, 0.15) is 5.60 Å². The van der Waals surface area contributed by atoms with Gasteiger partial charge in [-0.05, 0) is 20.8 Å². The lowest BCUT2D eigenvalue weighted by Crippen LogP contribution is -2.33. The molecule has 0 heterocycles. The largest absolute Gasteiger partial charge is 0.481 e. The van der Waals surface area contributed by atoms with Gasteiger partial charge in [0.2, 0.25) is 0 Å². The van der Waals surface area contributed by atoms with Gasteiger partial charge in [-0.2, -0.15) is 5.48 Å². The van der Waals surface area contributed by atoms with Crippen molar-refractivity contribution in [2.45, 2.75) is 32.8 Å². The summed E-state index contributed by atoms with van der Waals surface area (Å²) in [6.07, 6.45) is -0.648. The number of hydrogen-bond acceptors (Lipinski definition) is 12. The number of carbonyl (C=O) groups excluding carboxylic acids is 1. The summed E-state index contributed by atoms with van der Waals surface area (Å²) in [5.74, 6) is -0.878. The molecule has 14 heteroatoms. The summed E-state index contributed by atoms with van der Waals surface area (Å²) in [5.41, 5.74) is 1.61. The molecule has 0 fully saturated rings. The van der Waals surface area contributed by atoms with Crippen LogP contribution in [0.1, 0.15) is 27.2 Å². The Hall–Kier alpha value is -1.62. The molecule has 0 aliphatic heterocycles. The van der Waals surface area contributed by atoms with Gasteiger partial charge in [-0.25, -0.2) is 4.79 Å². The van der Waals surface area contributed by atoms with Crippen molar-refractivity contribution in [1.29, 1.82) is 0 Å². The van der Waals surface area contributed by atoms with E-state index in [0.717, 1.165) is 0 Å².